The van der Waals surface area contributed by atoms with Gasteiger partial charge in [-0.25, -0.2) is 21.9 Å². The standard InChI is InChI=1S/C16H17F2NO2S2/c1-12-6-7-15(18)16(10-12)23(20,21)19-8-9-22-11-13-4-2-3-5-14(13)17/h2-7,10,19H,8-9,11H2,1H3. The number of thioether (sulfide) groups is 1. The molecule has 0 aliphatic carbocycles. The second kappa shape index (κ2) is 7.90. The maximum absolute atomic E-state index is 13.6. The van der Waals surface area contributed by atoms with E-state index in [0.29, 0.717) is 22.6 Å². The lowest BCUT2D eigenvalue weighted by Gasteiger charge is -2.08. The zero-order valence-corrected chi connectivity index (χ0v) is 14.2. The number of rotatable bonds is 7. The van der Waals surface area contributed by atoms with Gasteiger partial charge in [0.2, 0.25) is 10.0 Å². The summed E-state index contributed by atoms with van der Waals surface area (Å²) >= 11 is 1.40. The molecule has 0 heterocycles. The third-order valence-corrected chi connectivity index (χ3v) is 5.61. The van der Waals surface area contributed by atoms with Gasteiger partial charge in [0.1, 0.15) is 16.5 Å². The largest absolute Gasteiger partial charge is 0.243 e. The number of benzene rings is 2. The normalized spacial score (nSPS) is 11.6. The maximum Gasteiger partial charge on any atom is 0.243 e. The first-order valence-electron chi connectivity index (χ1n) is 6.97. The van der Waals surface area contributed by atoms with Crippen molar-refractivity contribution in [3.05, 3.63) is 65.2 Å². The number of sulfonamides is 1. The van der Waals surface area contributed by atoms with Gasteiger partial charge in [-0.05, 0) is 36.2 Å². The highest BCUT2D eigenvalue weighted by molar-refractivity contribution is 7.98. The van der Waals surface area contributed by atoms with Crippen LogP contribution >= 0.6 is 11.8 Å². The number of hydrogen-bond donors (Lipinski definition) is 1. The summed E-state index contributed by atoms with van der Waals surface area (Å²) in [6.07, 6.45) is 0. The zero-order valence-electron chi connectivity index (χ0n) is 12.6. The summed E-state index contributed by atoms with van der Waals surface area (Å²) < 4.78 is 53.6. The number of aryl methyl sites for hydroxylation is 1. The minimum atomic E-state index is -3.88. The Kier molecular flexibility index (Phi) is 6.15. The Morgan fingerprint density at radius 3 is 2.57 bits per heavy atom. The molecule has 0 unspecified atom stereocenters. The van der Waals surface area contributed by atoms with Crippen LogP contribution in [0, 0.1) is 18.6 Å². The van der Waals surface area contributed by atoms with E-state index in [2.05, 4.69) is 4.72 Å². The fourth-order valence-corrected chi connectivity index (χ4v) is 4.11. The zero-order chi connectivity index (χ0) is 16.9. The van der Waals surface area contributed by atoms with Gasteiger partial charge in [0.05, 0.1) is 0 Å². The molecule has 3 nitrogen and oxygen atoms in total. The Balaban J connectivity index is 1.86. The van der Waals surface area contributed by atoms with Gasteiger partial charge in [0, 0.05) is 18.1 Å². The molecular formula is C16H17F2NO2S2. The highest BCUT2D eigenvalue weighted by atomic mass is 32.2. The number of nitrogens with one attached hydrogen (secondary N) is 1. The van der Waals surface area contributed by atoms with E-state index in [1.54, 1.807) is 25.1 Å². The molecule has 0 radical (unpaired) electrons. The Hall–Kier alpha value is -1.44. The fraction of sp³-hybridized carbons (Fsp3) is 0.250. The van der Waals surface area contributed by atoms with Gasteiger partial charge in [-0.2, -0.15) is 11.8 Å². The molecule has 0 aliphatic rings. The average Bonchev–Trinajstić information content (AvgIpc) is 2.51. The van der Waals surface area contributed by atoms with Crippen molar-refractivity contribution in [2.45, 2.75) is 17.6 Å². The molecule has 124 valence electrons. The maximum atomic E-state index is 13.6. The highest BCUT2D eigenvalue weighted by Crippen LogP contribution is 2.17. The first-order valence-corrected chi connectivity index (χ1v) is 9.61. The first kappa shape index (κ1) is 17.9. The lowest BCUT2D eigenvalue weighted by Crippen LogP contribution is -2.27. The molecule has 0 amide bonds. The summed E-state index contributed by atoms with van der Waals surface area (Å²) in [6, 6.07) is 10.4. The SMILES string of the molecule is Cc1ccc(F)c(S(=O)(=O)NCCSCc2ccccc2F)c1. The van der Waals surface area contributed by atoms with Crippen LogP contribution in [0.2, 0.25) is 0 Å². The first-order chi connectivity index (χ1) is 10.9. The average molecular weight is 357 g/mol. The molecule has 0 fully saturated rings. The van der Waals surface area contributed by atoms with Gasteiger partial charge in [0.15, 0.2) is 0 Å². The Labute approximate surface area is 139 Å². The van der Waals surface area contributed by atoms with Gasteiger partial charge in [0.25, 0.3) is 0 Å². The van der Waals surface area contributed by atoms with Crippen LogP contribution in [0.15, 0.2) is 47.4 Å². The van der Waals surface area contributed by atoms with Crippen LogP contribution in [-0.2, 0) is 15.8 Å². The van der Waals surface area contributed by atoms with Crippen LogP contribution in [0.25, 0.3) is 0 Å². The van der Waals surface area contributed by atoms with Gasteiger partial charge in [-0.3, -0.25) is 0 Å². The third-order valence-electron chi connectivity index (χ3n) is 3.13. The minimum absolute atomic E-state index is 0.148. The van der Waals surface area contributed by atoms with Gasteiger partial charge >= 0.3 is 0 Å². The number of hydrogen-bond acceptors (Lipinski definition) is 3. The van der Waals surface area contributed by atoms with Crippen molar-refractivity contribution in [1.82, 2.24) is 4.72 Å². The van der Waals surface area contributed by atoms with Crippen molar-refractivity contribution in [2.75, 3.05) is 12.3 Å². The van der Waals surface area contributed by atoms with E-state index >= 15 is 0 Å². The molecule has 2 aromatic carbocycles. The van der Waals surface area contributed by atoms with Crippen molar-refractivity contribution in [3.63, 3.8) is 0 Å². The predicted octanol–water partition coefficient (Wildman–Crippen LogP) is 3.48. The van der Waals surface area contributed by atoms with Gasteiger partial charge in [-0.1, -0.05) is 24.3 Å². The molecule has 0 spiro atoms. The second-order valence-corrected chi connectivity index (χ2v) is 7.82. The molecule has 0 aromatic heterocycles. The quantitative estimate of drug-likeness (QED) is 0.772. The molecule has 0 atom stereocenters. The molecule has 1 N–H and O–H groups in total. The highest BCUT2D eigenvalue weighted by Gasteiger charge is 2.18. The third kappa shape index (κ3) is 5.02. The van der Waals surface area contributed by atoms with Gasteiger partial charge < -0.3 is 0 Å². The topological polar surface area (TPSA) is 46.2 Å². The minimum Gasteiger partial charge on any atom is -0.210 e. The van der Waals surface area contributed by atoms with E-state index in [-0.39, 0.29) is 17.3 Å². The Morgan fingerprint density at radius 2 is 1.83 bits per heavy atom. The summed E-state index contributed by atoms with van der Waals surface area (Å²) in [5.41, 5.74) is 1.24. The second-order valence-electron chi connectivity index (χ2n) is 4.98. The molecular weight excluding hydrogens is 340 g/mol. The van der Waals surface area contributed by atoms with Crippen LogP contribution in [0.5, 0.6) is 0 Å². The lowest BCUT2D eigenvalue weighted by atomic mass is 10.2. The van der Waals surface area contributed by atoms with Crippen molar-refractivity contribution in [2.24, 2.45) is 0 Å². The van der Waals surface area contributed by atoms with Crippen molar-refractivity contribution >= 4 is 21.8 Å². The number of halogens is 2. The van der Waals surface area contributed by atoms with Crippen LogP contribution in [0.1, 0.15) is 11.1 Å². The smallest absolute Gasteiger partial charge is 0.210 e. The van der Waals surface area contributed by atoms with Crippen molar-refractivity contribution < 1.29 is 17.2 Å². The van der Waals surface area contributed by atoms with Crippen LogP contribution < -0.4 is 4.72 Å². The summed E-state index contributed by atoms with van der Waals surface area (Å²) in [5.74, 6) is -0.140. The Bertz CT molecular complexity index is 779. The summed E-state index contributed by atoms with van der Waals surface area (Å²) in [5, 5.41) is 0. The van der Waals surface area contributed by atoms with E-state index in [4.69, 9.17) is 0 Å². The van der Waals surface area contributed by atoms with E-state index in [1.165, 1.54) is 30.0 Å². The van der Waals surface area contributed by atoms with Crippen molar-refractivity contribution in [3.8, 4) is 0 Å². The van der Waals surface area contributed by atoms with Gasteiger partial charge in [-0.15, -0.1) is 0 Å². The fourth-order valence-electron chi connectivity index (χ4n) is 1.94. The van der Waals surface area contributed by atoms with Crippen LogP contribution in [0.3, 0.4) is 0 Å². The summed E-state index contributed by atoms with van der Waals surface area (Å²) in [7, 11) is -3.88. The van der Waals surface area contributed by atoms with E-state index in [9.17, 15) is 17.2 Å². The molecule has 0 saturated carbocycles. The molecule has 2 aromatic rings. The van der Waals surface area contributed by atoms with Crippen molar-refractivity contribution in [1.29, 1.82) is 0 Å². The molecule has 7 heteroatoms. The molecule has 0 bridgehead atoms. The van der Waals surface area contributed by atoms with Crippen LogP contribution in [0.4, 0.5) is 8.78 Å². The molecule has 2 rings (SSSR count). The van der Waals surface area contributed by atoms with Crippen LogP contribution in [-0.4, -0.2) is 20.7 Å². The summed E-state index contributed by atoms with van der Waals surface area (Å²) in [4.78, 5) is -0.350. The van der Waals surface area contributed by atoms with E-state index < -0.39 is 15.8 Å². The Morgan fingerprint density at radius 1 is 1.09 bits per heavy atom. The lowest BCUT2D eigenvalue weighted by molar-refractivity contribution is 0.558. The molecule has 0 aliphatic heterocycles. The van der Waals surface area contributed by atoms with E-state index in [1.807, 2.05) is 0 Å². The monoisotopic (exact) mass is 357 g/mol. The molecule has 0 saturated heterocycles. The van der Waals surface area contributed by atoms with E-state index in [0.717, 1.165) is 6.07 Å². The predicted molar refractivity (Wildman–Crippen MR) is 88.9 cm³/mol. The summed E-state index contributed by atoms with van der Waals surface area (Å²) in [6.45, 7) is 1.84. The molecule has 23 heavy (non-hydrogen) atoms.